The number of rotatable bonds is 9. The number of hydrogen-bond donors (Lipinski definition) is 1. The number of aromatic nitrogens is 2. The molecule has 6 heteroatoms. The number of carbonyl (C=O) groups excluding carboxylic acids is 1. The lowest BCUT2D eigenvalue weighted by molar-refractivity contribution is -0.130. The summed E-state index contributed by atoms with van der Waals surface area (Å²) in [6.45, 7) is 7.12. The maximum atomic E-state index is 12.6. The lowest BCUT2D eigenvalue weighted by atomic mass is 10.1. The lowest BCUT2D eigenvalue weighted by Crippen LogP contribution is -2.34. The van der Waals surface area contributed by atoms with Crippen LogP contribution in [0.1, 0.15) is 56.0 Å². The fourth-order valence-corrected chi connectivity index (χ4v) is 5.27. The van der Waals surface area contributed by atoms with E-state index in [2.05, 4.69) is 41.1 Å². The predicted octanol–water partition coefficient (Wildman–Crippen LogP) is 4.72. The molecule has 0 saturated carbocycles. The Morgan fingerprint density at radius 2 is 1.97 bits per heavy atom. The van der Waals surface area contributed by atoms with E-state index in [1.165, 1.54) is 31.5 Å². The zero-order chi connectivity index (χ0) is 23.3. The Morgan fingerprint density at radius 1 is 1.09 bits per heavy atom. The molecular weight excluding hydrogens is 424 g/mol. The van der Waals surface area contributed by atoms with E-state index >= 15 is 0 Å². The van der Waals surface area contributed by atoms with E-state index in [0.29, 0.717) is 19.1 Å². The van der Waals surface area contributed by atoms with Gasteiger partial charge in [-0.15, -0.1) is 0 Å². The second-order valence-electron chi connectivity index (χ2n) is 9.87. The quantitative estimate of drug-likeness (QED) is 0.469. The largest absolute Gasteiger partial charge is 0.494 e. The molecule has 2 aromatic carbocycles. The zero-order valence-corrected chi connectivity index (χ0v) is 20.3. The first-order chi connectivity index (χ1) is 16.6. The number of H-pyrrole nitrogens is 1. The van der Waals surface area contributed by atoms with E-state index < -0.39 is 0 Å². The Hall–Kier alpha value is -2.86. The molecule has 3 aromatic rings. The standard InChI is InChI=1S/C28H36N4O2/c1-21-7-5-15-32(21)28(33)19-22-11-12-25-26(18-22)30-27(29-25)10-6-16-34-24-9-4-8-23(17-24)20-31-13-2-3-14-31/h4,8-9,11-12,17-18,21H,2-3,5-7,10,13-16,19-20H2,1H3,(H,29,30). The molecular formula is C28H36N4O2. The van der Waals surface area contributed by atoms with Crippen molar-refractivity contribution in [3.63, 3.8) is 0 Å². The first-order valence-corrected chi connectivity index (χ1v) is 12.9. The highest BCUT2D eigenvalue weighted by molar-refractivity contribution is 5.82. The van der Waals surface area contributed by atoms with Gasteiger partial charge >= 0.3 is 0 Å². The average molecular weight is 461 g/mol. The second-order valence-corrected chi connectivity index (χ2v) is 9.87. The van der Waals surface area contributed by atoms with Crippen LogP contribution in [-0.4, -0.2) is 58.0 Å². The fourth-order valence-electron chi connectivity index (χ4n) is 5.27. The molecule has 2 saturated heterocycles. The Bertz CT molecular complexity index is 1120. The number of ether oxygens (including phenoxy) is 1. The van der Waals surface area contributed by atoms with Gasteiger partial charge in [0.1, 0.15) is 11.6 Å². The van der Waals surface area contributed by atoms with Gasteiger partial charge in [0.05, 0.1) is 24.1 Å². The number of nitrogens with one attached hydrogen (secondary N) is 1. The van der Waals surface area contributed by atoms with Crippen LogP contribution in [0.25, 0.3) is 11.0 Å². The first-order valence-electron chi connectivity index (χ1n) is 12.9. The van der Waals surface area contributed by atoms with Crippen LogP contribution in [0.4, 0.5) is 0 Å². The van der Waals surface area contributed by atoms with Crippen molar-refractivity contribution < 1.29 is 9.53 Å². The zero-order valence-electron chi connectivity index (χ0n) is 20.3. The summed E-state index contributed by atoms with van der Waals surface area (Å²) in [4.78, 5) is 25.4. The van der Waals surface area contributed by atoms with Gasteiger partial charge in [-0.1, -0.05) is 18.2 Å². The third kappa shape index (κ3) is 5.61. The number of nitrogens with zero attached hydrogens (tertiary/aromatic N) is 3. The molecule has 6 nitrogen and oxygen atoms in total. The van der Waals surface area contributed by atoms with Crippen LogP contribution >= 0.6 is 0 Å². The van der Waals surface area contributed by atoms with Crippen LogP contribution in [0.15, 0.2) is 42.5 Å². The van der Waals surface area contributed by atoms with Crippen LogP contribution < -0.4 is 4.74 Å². The summed E-state index contributed by atoms with van der Waals surface area (Å²) < 4.78 is 6.02. The molecule has 180 valence electrons. The van der Waals surface area contributed by atoms with Gasteiger partial charge in [0.25, 0.3) is 0 Å². The van der Waals surface area contributed by atoms with Gasteiger partial charge in [-0.3, -0.25) is 9.69 Å². The highest BCUT2D eigenvalue weighted by Gasteiger charge is 2.25. The Labute approximate surface area is 202 Å². The number of fused-ring (bicyclic) bond motifs is 1. The number of aromatic amines is 1. The van der Waals surface area contributed by atoms with Crippen molar-refractivity contribution in [3.8, 4) is 5.75 Å². The molecule has 5 rings (SSSR count). The van der Waals surface area contributed by atoms with E-state index in [1.54, 1.807) is 0 Å². The molecule has 2 fully saturated rings. The normalized spacial score (nSPS) is 18.7. The third-order valence-electron chi connectivity index (χ3n) is 7.16. The Balaban J connectivity index is 1.11. The molecule has 0 radical (unpaired) electrons. The van der Waals surface area contributed by atoms with Crippen LogP contribution in [0.2, 0.25) is 0 Å². The van der Waals surface area contributed by atoms with E-state index in [-0.39, 0.29) is 5.91 Å². The molecule has 34 heavy (non-hydrogen) atoms. The van der Waals surface area contributed by atoms with Gasteiger partial charge < -0.3 is 14.6 Å². The van der Waals surface area contributed by atoms with Gasteiger partial charge in [0.2, 0.25) is 5.91 Å². The topological polar surface area (TPSA) is 61.5 Å². The monoisotopic (exact) mass is 460 g/mol. The first kappa shape index (κ1) is 22.9. The maximum Gasteiger partial charge on any atom is 0.227 e. The number of benzene rings is 2. The molecule has 0 bridgehead atoms. The van der Waals surface area contributed by atoms with Gasteiger partial charge in [-0.05, 0) is 87.5 Å². The fraction of sp³-hybridized carbons (Fsp3) is 0.500. The molecule has 1 atom stereocenters. The number of carbonyl (C=O) groups is 1. The highest BCUT2D eigenvalue weighted by Crippen LogP contribution is 2.21. The van der Waals surface area contributed by atoms with Crippen LogP contribution in [0.3, 0.4) is 0 Å². The van der Waals surface area contributed by atoms with Crippen molar-refractivity contribution in [1.29, 1.82) is 0 Å². The molecule has 0 spiro atoms. The van der Waals surface area contributed by atoms with Crippen molar-refractivity contribution in [2.45, 2.75) is 64.5 Å². The molecule has 1 aromatic heterocycles. The summed E-state index contributed by atoms with van der Waals surface area (Å²) in [7, 11) is 0. The number of imidazole rings is 1. The SMILES string of the molecule is CC1CCCN1C(=O)Cc1ccc2[nH]c(CCCOc3cccc(CN4CCCC4)c3)nc2c1. The third-order valence-corrected chi connectivity index (χ3v) is 7.16. The molecule has 3 heterocycles. The van der Waals surface area contributed by atoms with Gasteiger partial charge in [0, 0.05) is 25.6 Å². The maximum absolute atomic E-state index is 12.6. The van der Waals surface area contributed by atoms with Crippen LogP contribution in [-0.2, 0) is 24.2 Å². The predicted molar refractivity (Wildman–Crippen MR) is 135 cm³/mol. The summed E-state index contributed by atoms with van der Waals surface area (Å²) in [6, 6.07) is 15.0. The van der Waals surface area contributed by atoms with Gasteiger partial charge in [-0.2, -0.15) is 0 Å². The highest BCUT2D eigenvalue weighted by atomic mass is 16.5. The molecule has 1 N–H and O–H groups in total. The second kappa shape index (κ2) is 10.6. The molecule has 1 amide bonds. The van der Waals surface area contributed by atoms with Crippen molar-refractivity contribution in [2.75, 3.05) is 26.2 Å². The molecule has 0 aliphatic carbocycles. The van der Waals surface area contributed by atoms with Crippen LogP contribution in [0, 0.1) is 0 Å². The molecule has 2 aliphatic rings. The van der Waals surface area contributed by atoms with Crippen LogP contribution in [0.5, 0.6) is 5.75 Å². The lowest BCUT2D eigenvalue weighted by Gasteiger charge is -2.21. The van der Waals surface area contributed by atoms with E-state index in [0.717, 1.165) is 66.9 Å². The minimum atomic E-state index is 0.224. The van der Waals surface area contributed by atoms with Crippen molar-refractivity contribution in [1.82, 2.24) is 19.8 Å². The van der Waals surface area contributed by atoms with E-state index in [4.69, 9.17) is 9.72 Å². The number of hydrogen-bond acceptors (Lipinski definition) is 4. The smallest absolute Gasteiger partial charge is 0.227 e. The number of aryl methyl sites for hydroxylation is 1. The number of likely N-dealkylation sites (tertiary alicyclic amines) is 2. The summed E-state index contributed by atoms with van der Waals surface area (Å²) in [5, 5.41) is 0. The Morgan fingerprint density at radius 3 is 2.79 bits per heavy atom. The molecule has 1 unspecified atom stereocenters. The van der Waals surface area contributed by atoms with Crippen molar-refractivity contribution >= 4 is 16.9 Å². The minimum absolute atomic E-state index is 0.224. The minimum Gasteiger partial charge on any atom is -0.494 e. The van der Waals surface area contributed by atoms with E-state index in [1.807, 2.05) is 23.1 Å². The summed E-state index contributed by atoms with van der Waals surface area (Å²) in [5.41, 5.74) is 4.32. The Kier molecular flexibility index (Phi) is 7.14. The molecule has 2 aliphatic heterocycles. The van der Waals surface area contributed by atoms with E-state index in [9.17, 15) is 4.79 Å². The van der Waals surface area contributed by atoms with Gasteiger partial charge in [0.15, 0.2) is 0 Å². The summed E-state index contributed by atoms with van der Waals surface area (Å²) in [5.74, 6) is 2.14. The number of amides is 1. The average Bonchev–Trinajstić information content (AvgIpc) is 3.58. The van der Waals surface area contributed by atoms with Crippen molar-refractivity contribution in [2.24, 2.45) is 0 Å². The summed E-state index contributed by atoms with van der Waals surface area (Å²) in [6.07, 6.45) is 7.04. The summed E-state index contributed by atoms with van der Waals surface area (Å²) >= 11 is 0. The van der Waals surface area contributed by atoms with Gasteiger partial charge in [-0.25, -0.2) is 4.98 Å². The van der Waals surface area contributed by atoms with Crippen molar-refractivity contribution in [3.05, 3.63) is 59.4 Å².